The summed E-state index contributed by atoms with van der Waals surface area (Å²) < 4.78 is 0. The molecule has 258 valence electrons. The first-order chi connectivity index (χ1) is 21.0. The number of unbranched alkanes of at least 4 members (excludes halogenated alkanes) is 27. The molecule has 0 aromatic rings. The fraction of sp³-hybridized carbons (Fsp3) is 0.947. The van der Waals surface area contributed by atoms with Crippen LogP contribution in [0.3, 0.4) is 0 Å². The second-order valence-corrected chi connectivity index (χ2v) is 13.2. The molecule has 0 rings (SSSR count). The maximum atomic E-state index is 11.2. The van der Waals surface area contributed by atoms with Crippen LogP contribution in [0, 0.1) is 5.92 Å². The lowest BCUT2D eigenvalue weighted by atomic mass is 9.96. The summed E-state index contributed by atoms with van der Waals surface area (Å²) in [6.07, 6.45) is 40.9. The minimum absolute atomic E-state index is 0.00248. The number of carboxylic acid groups (broad SMARTS) is 1. The van der Waals surface area contributed by atoms with E-state index in [2.05, 4.69) is 13.8 Å². The minimum atomic E-state index is -0.653. The summed E-state index contributed by atoms with van der Waals surface area (Å²) >= 11 is 0. The molecule has 43 heavy (non-hydrogen) atoms. The Bertz CT molecular complexity index is 555. The monoisotopic (exact) mass is 611 g/mol. The zero-order valence-electron chi connectivity index (χ0n) is 29.3. The number of rotatable bonds is 34. The summed E-state index contributed by atoms with van der Waals surface area (Å²) in [5.41, 5.74) is 10.9. The van der Waals surface area contributed by atoms with Gasteiger partial charge >= 0.3 is 5.97 Å². The van der Waals surface area contributed by atoms with Gasteiger partial charge in [-0.3, -0.25) is 9.59 Å². The van der Waals surface area contributed by atoms with Crippen LogP contribution in [0.25, 0.3) is 0 Å². The number of carbonyl (C=O) groups excluding carboxylic acids is 1. The van der Waals surface area contributed by atoms with Gasteiger partial charge in [0.25, 0.3) is 0 Å². The molecule has 1 atom stereocenters. The molecule has 0 aromatic heterocycles. The molecular formula is C38H78N2O3. The van der Waals surface area contributed by atoms with E-state index < -0.39 is 5.97 Å². The van der Waals surface area contributed by atoms with Crippen LogP contribution in [0.4, 0.5) is 0 Å². The third-order valence-corrected chi connectivity index (χ3v) is 8.82. The Morgan fingerprint density at radius 3 is 1.00 bits per heavy atom. The second-order valence-electron chi connectivity index (χ2n) is 13.2. The highest BCUT2D eigenvalue weighted by Gasteiger charge is 2.13. The van der Waals surface area contributed by atoms with E-state index in [1.807, 2.05) is 0 Å². The van der Waals surface area contributed by atoms with E-state index in [0.29, 0.717) is 13.0 Å². The third kappa shape index (κ3) is 40.9. The van der Waals surface area contributed by atoms with E-state index in [1.54, 1.807) is 0 Å². The minimum Gasteiger partial charge on any atom is -0.481 e. The lowest BCUT2D eigenvalue weighted by Gasteiger charge is -2.11. The zero-order valence-corrected chi connectivity index (χ0v) is 29.3. The number of hydrogen-bond donors (Lipinski definition) is 3. The summed E-state index contributed by atoms with van der Waals surface area (Å²) in [7, 11) is 0. The second kappa shape index (κ2) is 38.9. The Kier molecular flexibility index (Phi) is 39.9. The first-order valence-electron chi connectivity index (χ1n) is 19.2. The summed E-state index contributed by atoms with van der Waals surface area (Å²) in [5.74, 6) is -0.831. The van der Waals surface area contributed by atoms with Gasteiger partial charge in [-0.1, -0.05) is 194 Å². The van der Waals surface area contributed by atoms with Crippen molar-refractivity contribution in [2.75, 3.05) is 6.54 Å². The molecule has 0 fully saturated rings. The van der Waals surface area contributed by atoms with Crippen LogP contribution in [-0.4, -0.2) is 23.5 Å². The Morgan fingerprint density at radius 2 is 0.744 bits per heavy atom. The van der Waals surface area contributed by atoms with Crippen LogP contribution in [0.1, 0.15) is 219 Å². The van der Waals surface area contributed by atoms with Gasteiger partial charge in [0.05, 0.1) is 0 Å². The standard InChI is InChI=1S/C20H42N2O.C18H36O2/c1-2-3-4-5-6-7-8-9-10-11-12-13-14-15-16-19(17-18-21)20(22)23;1-2-3-4-5-6-7-8-9-10-11-12-13-14-15-16-17-18(19)20/h19H,2-18,21H2,1H3,(H2,22,23);2-17H2,1H3,(H,19,20). The van der Waals surface area contributed by atoms with Gasteiger partial charge in [0.1, 0.15) is 0 Å². The highest BCUT2D eigenvalue weighted by molar-refractivity contribution is 5.76. The molecule has 0 aliphatic rings. The molecule has 5 N–H and O–H groups in total. The molecule has 1 unspecified atom stereocenters. The Morgan fingerprint density at radius 1 is 0.465 bits per heavy atom. The van der Waals surface area contributed by atoms with Crippen molar-refractivity contribution in [3.8, 4) is 0 Å². The van der Waals surface area contributed by atoms with Crippen LogP contribution in [0.2, 0.25) is 0 Å². The molecule has 0 saturated heterocycles. The maximum absolute atomic E-state index is 11.2. The predicted octanol–water partition coefficient (Wildman–Crippen LogP) is 11.6. The SMILES string of the molecule is CCCCCCCCCCCCCCCCC(CCN)C(N)=O.CCCCCCCCCCCCCCCCCC(=O)O. The zero-order chi connectivity index (χ0) is 32.1. The molecule has 1 amide bonds. The smallest absolute Gasteiger partial charge is 0.303 e. The highest BCUT2D eigenvalue weighted by Crippen LogP contribution is 2.17. The summed E-state index contributed by atoms with van der Waals surface area (Å²) in [6, 6.07) is 0. The van der Waals surface area contributed by atoms with Gasteiger partial charge < -0.3 is 16.6 Å². The molecule has 0 bridgehead atoms. The molecule has 0 aromatic carbocycles. The van der Waals surface area contributed by atoms with E-state index in [9.17, 15) is 9.59 Å². The van der Waals surface area contributed by atoms with Crippen molar-refractivity contribution in [3.05, 3.63) is 0 Å². The number of aliphatic carboxylic acids is 1. The number of carboxylic acids is 1. The number of primary amides is 1. The normalized spacial score (nSPS) is 11.7. The quantitative estimate of drug-likeness (QED) is 0.0630. The van der Waals surface area contributed by atoms with Crippen molar-refractivity contribution >= 4 is 11.9 Å². The van der Waals surface area contributed by atoms with Gasteiger partial charge in [-0.05, 0) is 25.8 Å². The summed E-state index contributed by atoms with van der Waals surface area (Å²) in [5, 5.41) is 8.52. The van der Waals surface area contributed by atoms with E-state index in [4.69, 9.17) is 16.6 Å². The molecule has 0 heterocycles. The highest BCUT2D eigenvalue weighted by atomic mass is 16.4. The first kappa shape index (κ1) is 44.0. The van der Waals surface area contributed by atoms with Crippen molar-refractivity contribution in [2.45, 2.75) is 219 Å². The Hall–Kier alpha value is -1.10. The topological polar surface area (TPSA) is 106 Å². The van der Waals surface area contributed by atoms with Crippen molar-refractivity contribution in [1.29, 1.82) is 0 Å². The third-order valence-electron chi connectivity index (χ3n) is 8.82. The maximum Gasteiger partial charge on any atom is 0.303 e. The van der Waals surface area contributed by atoms with Crippen molar-refractivity contribution in [2.24, 2.45) is 17.4 Å². The summed E-state index contributed by atoms with van der Waals surface area (Å²) in [6.45, 7) is 5.11. The number of nitrogens with two attached hydrogens (primary N) is 2. The fourth-order valence-corrected chi connectivity index (χ4v) is 5.86. The van der Waals surface area contributed by atoms with Crippen LogP contribution in [0.15, 0.2) is 0 Å². The molecule has 0 aliphatic carbocycles. The molecular weight excluding hydrogens is 532 g/mol. The lowest BCUT2D eigenvalue weighted by molar-refractivity contribution is -0.137. The summed E-state index contributed by atoms with van der Waals surface area (Å²) in [4.78, 5) is 21.6. The van der Waals surface area contributed by atoms with Crippen molar-refractivity contribution in [1.82, 2.24) is 0 Å². The van der Waals surface area contributed by atoms with Crippen LogP contribution in [0.5, 0.6) is 0 Å². The Balaban J connectivity index is 0. The van der Waals surface area contributed by atoms with Crippen LogP contribution in [-0.2, 0) is 9.59 Å². The molecule has 0 radical (unpaired) electrons. The van der Waals surface area contributed by atoms with Crippen LogP contribution < -0.4 is 11.5 Å². The number of amides is 1. The van der Waals surface area contributed by atoms with E-state index in [0.717, 1.165) is 32.1 Å². The van der Waals surface area contributed by atoms with E-state index >= 15 is 0 Å². The van der Waals surface area contributed by atoms with Crippen molar-refractivity contribution < 1.29 is 14.7 Å². The average Bonchev–Trinajstić information content (AvgIpc) is 2.98. The van der Waals surface area contributed by atoms with Gasteiger partial charge in [-0.25, -0.2) is 0 Å². The van der Waals surface area contributed by atoms with Crippen molar-refractivity contribution in [3.63, 3.8) is 0 Å². The number of hydrogen-bond acceptors (Lipinski definition) is 3. The van der Waals surface area contributed by atoms with E-state index in [1.165, 1.54) is 167 Å². The van der Waals surface area contributed by atoms with Gasteiger partial charge in [-0.15, -0.1) is 0 Å². The van der Waals surface area contributed by atoms with Gasteiger partial charge in [0.15, 0.2) is 0 Å². The van der Waals surface area contributed by atoms with E-state index in [-0.39, 0.29) is 11.8 Å². The van der Waals surface area contributed by atoms with Gasteiger partial charge in [-0.2, -0.15) is 0 Å². The number of carbonyl (C=O) groups is 2. The van der Waals surface area contributed by atoms with Gasteiger partial charge in [0.2, 0.25) is 5.91 Å². The van der Waals surface area contributed by atoms with Gasteiger partial charge in [0, 0.05) is 12.3 Å². The lowest BCUT2D eigenvalue weighted by Crippen LogP contribution is -2.25. The van der Waals surface area contributed by atoms with Crippen LogP contribution >= 0.6 is 0 Å². The predicted molar refractivity (Wildman–Crippen MR) is 188 cm³/mol. The molecule has 0 saturated carbocycles. The molecule has 5 nitrogen and oxygen atoms in total. The molecule has 0 spiro atoms. The molecule has 0 aliphatic heterocycles. The Labute approximate surface area is 269 Å². The largest absolute Gasteiger partial charge is 0.481 e. The fourth-order valence-electron chi connectivity index (χ4n) is 5.86. The first-order valence-corrected chi connectivity index (χ1v) is 19.2. The molecule has 5 heteroatoms. The average molecular weight is 611 g/mol.